The lowest BCUT2D eigenvalue weighted by Crippen LogP contribution is -2.35. The van der Waals surface area contributed by atoms with Crippen LogP contribution >= 0.6 is 37.2 Å². The number of hydrogen-bond donors (Lipinski definition) is 1. The van der Waals surface area contributed by atoms with Gasteiger partial charge in [0.05, 0.1) is 18.6 Å². The maximum absolute atomic E-state index is 13.8. The van der Waals surface area contributed by atoms with Gasteiger partial charge in [0.2, 0.25) is 0 Å². The first-order chi connectivity index (χ1) is 17.3. The van der Waals surface area contributed by atoms with Crippen LogP contribution in [0.3, 0.4) is 0 Å². The molecule has 5 aromatic rings. The van der Waals surface area contributed by atoms with E-state index in [2.05, 4.69) is 33.1 Å². The number of hydrogen-bond acceptors (Lipinski definition) is 4. The number of aromatic amines is 1. The van der Waals surface area contributed by atoms with Crippen LogP contribution < -0.4 is 4.90 Å². The van der Waals surface area contributed by atoms with Gasteiger partial charge in [-0.2, -0.15) is 0 Å². The lowest BCUT2D eigenvalue weighted by atomic mass is 10.0. The molecule has 0 spiro atoms. The first kappa shape index (κ1) is 29.0. The smallest absolute Gasteiger partial charge is 0.254 e. The van der Waals surface area contributed by atoms with Crippen molar-refractivity contribution in [2.75, 3.05) is 18.0 Å². The Labute approximate surface area is 240 Å². The van der Waals surface area contributed by atoms with Crippen molar-refractivity contribution in [3.8, 4) is 11.1 Å². The number of carbonyl (C=O) groups excluding carboxylic acids is 1. The van der Waals surface area contributed by atoms with Crippen molar-refractivity contribution >= 4 is 59.7 Å². The Kier molecular flexibility index (Phi) is 9.75. The van der Waals surface area contributed by atoms with Gasteiger partial charge in [0.1, 0.15) is 5.82 Å². The maximum Gasteiger partial charge on any atom is 0.254 e. The third-order valence-electron chi connectivity index (χ3n) is 6.57. The molecule has 0 aliphatic carbocycles. The summed E-state index contributed by atoms with van der Waals surface area (Å²) in [7, 11) is 0. The summed E-state index contributed by atoms with van der Waals surface area (Å²) in [5.41, 5.74) is 4.94. The molecule has 0 saturated heterocycles. The van der Waals surface area contributed by atoms with Gasteiger partial charge in [-0.3, -0.25) is 4.79 Å². The minimum Gasteiger partial charge on any atom is -0.349 e. The summed E-state index contributed by atoms with van der Waals surface area (Å²) in [5, 5.41) is 2.05. The van der Waals surface area contributed by atoms with E-state index < -0.39 is 0 Å². The van der Waals surface area contributed by atoms with Gasteiger partial charge in [-0.1, -0.05) is 66.7 Å². The Bertz CT molecular complexity index is 1490. The highest BCUT2D eigenvalue weighted by Gasteiger charge is 2.26. The van der Waals surface area contributed by atoms with Crippen LogP contribution in [0, 0.1) is 0 Å². The van der Waals surface area contributed by atoms with Crippen molar-refractivity contribution < 1.29 is 4.79 Å². The van der Waals surface area contributed by atoms with E-state index in [1.165, 1.54) is 0 Å². The number of halogens is 3. The molecule has 0 atom stereocenters. The third-order valence-corrected chi connectivity index (χ3v) is 6.57. The average Bonchev–Trinajstić information content (AvgIpc) is 3.36. The van der Waals surface area contributed by atoms with Crippen molar-refractivity contribution in [2.24, 2.45) is 0 Å². The molecular formula is C29H28Cl3N5O. The molecule has 9 heteroatoms. The van der Waals surface area contributed by atoms with E-state index in [4.69, 9.17) is 4.98 Å². The molecule has 3 heterocycles. The van der Waals surface area contributed by atoms with Crippen LogP contribution in [0.4, 0.5) is 5.82 Å². The molecule has 38 heavy (non-hydrogen) atoms. The van der Waals surface area contributed by atoms with Gasteiger partial charge in [0.25, 0.3) is 5.91 Å². The van der Waals surface area contributed by atoms with Gasteiger partial charge in [0.15, 0.2) is 0 Å². The molecule has 0 unspecified atom stereocenters. The lowest BCUT2D eigenvalue weighted by molar-refractivity contribution is 0.0753. The summed E-state index contributed by atoms with van der Waals surface area (Å²) in [5.74, 6) is 0.953. The monoisotopic (exact) mass is 567 g/mol. The molecule has 0 radical (unpaired) electrons. The zero-order chi connectivity index (χ0) is 23.6. The van der Waals surface area contributed by atoms with E-state index in [9.17, 15) is 4.79 Å². The van der Waals surface area contributed by atoms with E-state index in [-0.39, 0.29) is 43.1 Å². The van der Waals surface area contributed by atoms with Crippen molar-refractivity contribution in [2.45, 2.75) is 13.1 Å². The van der Waals surface area contributed by atoms with Crippen LogP contribution in [0.15, 0.2) is 97.6 Å². The number of pyridine rings is 1. The largest absolute Gasteiger partial charge is 0.349 e. The molecule has 3 aromatic carbocycles. The van der Waals surface area contributed by atoms with Crippen LogP contribution in [-0.2, 0) is 13.1 Å². The SMILES string of the molecule is Cl.Cl.Cl.O=C(c1cccc2ccccc12)N1CCN(Cc2cnc[nH]2)c2ncc(-c3ccccc3)cc2C1. The molecule has 6 nitrogen and oxygen atoms in total. The van der Waals surface area contributed by atoms with Crippen LogP contribution in [0.25, 0.3) is 21.9 Å². The summed E-state index contributed by atoms with van der Waals surface area (Å²) in [4.78, 5) is 30.2. The number of fused-ring (bicyclic) bond motifs is 2. The first-order valence-corrected chi connectivity index (χ1v) is 11.8. The van der Waals surface area contributed by atoms with Crippen LogP contribution in [0.5, 0.6) is 0 Å². The van der Waals surface area contributed by atoms with Crippen molar-refractivity contribution in [3.05, 3.63) is 114 Å². The number of anilines is 1. The number of imidazole rings is 1. The van der Waals surface area contributed by atoms with Gasteiger partial charge in [-0.15, -0.1) is 37.2 Å². The van der Waals surface area contributed by atoms with E-state index >= 15 is 0 Å². The summed E-state index contributed by atoms with van der Waals surface area (Å²) < 4.78 is 0. The average molecular weight is 569 g/mol. The van der Waals surface area contributed by atoms with Crippen LogP contribution in [0.1, 0.15) is 21.6 Å². The zero-order valence-corrected chi connectivity index (χ0v) is 22.9. The Morgan fingerprint density at radius 1 is 0.842 bits per heavy atom. The lowest BCUT2D eigenvalue weighted by Gasteiger charge is -2.23. The number of nitrogens with one attached hydrogen (secondary N) is 1. The Hall–Kier alpha value is -3.58. The van der Waals surface area contributed by atoms with E-state index in [0.29, 0.717) is 26.2 Å². The van der Waals surface area contributed by atoms with Crippen LogP contribution in [-0.4, -0.2) is 38.8 Å². The molecule has 1 aliphatic heterocycles. The Morgan fingerprint density at radius 2 is 1.61 bits per heavy atom. The van der Waals surface area contributed by atoms with Crippen LogP contribution in [0.2, 0.25) is 0 Å². The molecular weight excluding hydrogens is 541 g/mol. The van der Waals surface area contributed by atoms with Crippen molar-refractivity contribution in [1.29, 1.82) is 0 Å². The number of aromatic nitrogens is 3. The standard InChI is InChI=1S/C29H25N5O.3ClH/c35-29(27-12-6-10-22-9-4-5-11-26(22)27)34-14-13-33(19-25-17-30-20-32-25)28-24(18-34)15-23(16-31-28)21-7-2-1-3-8-21;;;/h1-12,15-17,20H,13-14,18-19H2,(H,30,32);3*1H. The quantitative estimate of drug-likeness (QED) is 0.267. The van der Waals surface area contributed by atoms with Crippen molar-refractivity contribution in [1.82, 2.24) is 19.9 Å². The van der Waals surface area contributed by atoms with Gasteiger partial charge in [-0.05, 0) is 28.5 Å². The minimum absolute atomic E-state index is 0. The fourth-order valence-electron chi connectivity index (χ4n) is 4.81. The van der Waals surface area contributed by atoms with Gasteiger partial charge in [0, 0.05) is 48.7 Å². The summed E-state index contributed by atoms with van der Waals surface area (Å²) in [6.45, 7) is 2.44. The topological polar surface area (TPSA) is 65.1 Å². The number of benzene rings is 3. The molecule has 196 valence electrons. The molecule has 1 N–H and O–H groups in total. The van der Waals surface area contributed by atoms with Gasteiger partial charge >= 0.3 is 0 Å². The fourth-order valence-corrected chi connectivity index (χ4v) is 4.81. The predicted octanol–water partition coefficient (Wildman–Crippen LogP) is 6.55. The normalized spacial score (nSPS) is 12.4. The second-order valence-electron chi connectivity index (χ2n) is 8.82. The molecule has 1 amide bonds. The molecule has 2 aromatic heterocycles. The minimum atomic E-state index is 0. The second kappa shape index (κ2) is 12.8. The number of rotatable bonds is 4. The number of carbonyl (C=O) groups is 1. The van der Waals surface area contributed by atoms with Crippen molar-refractivity contribution in [3.63, 3.8) is 0 Å². The van der Waals surface area contributed by atoms with E-state index in [1.54, 1.807) is 6.33 Å². The summed E-state index contributed by atoms with van der Waals surface area (Å²) in [6.07, 6.45) is 5.45. The Balaban J connectivity index is 0.00000133. The van der Waals surface area contributed by atoms with Gasteiger partial charge < -0.3 is 14.8 Å². The number of H-pyrrole nitrogens is 1. The molecule has 1 aliphatic rings. The number of nitrogens with zero attached hydrogens (tertiary/aromatic N) is 4. The molecule has 0 bridgehead atoms. The molecule has 6 rings (SSSR count). The predicted molar refractivity (Wildman–Crippen MR) is 160 cm³/mol. The highest BCUT2D eigenvalue weighted by atomic mass is 35.5. The second-order valence-corrected chi connectivity index (χ2v) is 8.82. The highest BCUT2D eigenvalue weighted by molar-refractivity contribution is 6.07. The highest BCUT2D eigenvalue weighted by Crippen LogP contribution is 2.30. The zero-order valence-electron chi connectivity index (χ0n) is 20.5. The summed E-state index contributed by atoms with van der Waals surface area (Å²) in [6, 6.07) is 26.4. The number of amides is 1. The van der Waals surface area contributed by atoms with E-state index in [0.717, 1.165) is 44.5 Å². The third kappa shape index (κ3) is 5.78. The maximum atomic E-state index is 13.8. The molecule has 0 fully saturated rings. The Morgan fingerprint density at radius 3 is 2.39 bits per heavy atom. The first-order valence-electron chi connectivity index (χ1n) is 11.8. The molecule has 0 saturated carbocycles. The van der Waals surface area contributed by atoms with Gasteiger partial charge in [-0.25, -0.2) is 9.97 Å². The fraction of sp³-hybridized carbons (Fsp3) is 0.138. The van der Waals surface area contributed by atoms with E-state index in [1.807, 2.05) is 78.0 Å². The summed E-state index contributed by atoms with van der Waals surface area (Å²) >= 11 is 0.